The average molecular weight is 346 g/mol. The Bertz CT molecular complexity index is 746. The fourth-order valence-corrected chi connectivity index (χ4v) is 2.25. The number of aryl methyl sites for hydroxylation is 2. The summed E-state index contributed by atoms with van der Waals surface area (Å²) in [6.07, 6.45) is 0.989. The zero-order valence-electron chi connectivity index (χ0n) is 13.9. The van der Waals surface area contributed by atoms with Crippen molar-refractivity contribution in [3.63, 3.8) is 0 Å². The second kappa shape index (κ2) is 8.92. The first-order chi connectivity index (χ1) is 12.0. The zero-order chi connectivity index (χ0) is 18.2. The topological polar surface area (TPSA) is 58.2 Å². The minimum atomic E-state index is -0.917. The monoisotopic (exact) mass is 346 g/mol. The number of benzene rings is 2. The van der Waals surface area contributed by atoms with Crippen LogP contribution in [0.15, 0.2) is 42.5 Å². The van der Waals surface area contributed by atoms with Crippen LogP contribution in [0.1, 0.15) is 27.9 Å². The third-order valence-corrected chi connectivity index (χ3v) is 3.67. The molecule has 0 bridgehead atoms. The molecule has 2 amide bonds. The summed E-state index contributed by atoms with van der Waals surface area (Å²) in [5, 5.41) is 5.17. The maximum absolute atomic E-state index is 13.5. The Morgan fingerprint density at radius 1 is 0.960 bits per heavy atom. The molecule has 25 heavy (non-hydrogen) atoms. The van der Waals surface area contributed by atoms with Crippen LogP contribution in [0.2, 0.25) is 0 Å². The first-order valence-corrected chi connectivity index (χ1v) is 8.01. The molecule has 0 fully saturated rings. The van der Waals surface area contributed by atoms with Gasteiger partial charge in [-0.2, -0.15) is 0 Å². The summed E-state index contributed by atoms with van der Waals surface area (Å²) >= 11 is 0. The molecule has 2 rings (SSSR count). The second-order valence-electron chi connectivity index (χ2n) is 5.72. The molecule has 0 aliphatic heterocycles. The lowest BCUT2D eigenvalue weighted by atomic mass is 10.1. The molecule has 6 heteroatoms. The maximum Gasteiger partial charge on any atom is 0.254 e. The van der Waals surface area contributed by atoms with E-state index in [-0.39, 0.29) is 24.6 Å². The molecule has 0 aromatic heterocycles. The summed E-state index contributed by atoms with van der Waals surface area (Å²) in [6.45, 7) is 2.40. The minimum Gasteiger partial charge on any atom is -0.354 e. The van der Waals surface area contributed by atoms with Gasteiger partial charge >= 0.3 is 0 Å². The van der Waals surface area contributed by atoms with E-state index in [0.29, 0.717) is 18.9 Å². The van der Waals surface area contributed by atoms with Gasteiger partial charge in [0.25, 0.3) is 5.91 Å². The van der Waals surface area contributed by atoms with Crippen LogP contribution in [-0.2, 0) is 11.2 Å². The number of nitrogens with one attached hydrogen (secondary N) is 2. The molecule has 4 nitrogen and oxygen atoms in total. The molecule has 0 aliphatic rings. The van der Waals surface area contributed by atoms with Crippen LogP contribution in [0.3, 0.4) is 0 Å². The van der Waals surface area contributed by atoms with Crippen molar-refractivity contribution >= 4 is 11.8 Å². The van der Waals surface area contributed by atoms with Crippen LogP contribution in [0, 0.1) is 18.6 Å². The number of halogens is 2. The van der Waals surface area contributed by atoms with Gasteiger partial charge < -0.3 is 10.6 Å². The van der Waals surface area contributed by atoms with E-state index >= 15 is 0 Å². The predicted octanol–water partition coefficient (Wildman–Crippen LogP) is 2.75. The van der Waals surface area contributed by atoms with Crippen LogP contribution >= 0.6 is 0 Å². The molecule has 0 radical (unpaired) electrons. The Balaban J connectivity index is 1.67. The van der Waals surface area contributed by atoms with Crippen molar-refractivity contribution in [2.75, 3.05) is 13.1 Å². The first-order valence-electron chi connectivity index (χ1n) is 8.01. The number of carbonyl (C=O) groups excluding carboxylic acids is 2. The van der Waals surface area contributed by atoms with Gasteiger partial charge in [0, 0.05) is 25.6 Å². The van der Waals surface area contributed by atoms with Crippen LogP contribution in [0.4, 0.5) is 8.78 Å². The fraction of sp³-hybridized carbons (Fsp3) is 0.263. The maximum atomic E-state index is 13.5. The summed E-state index contributed by atoms with van der Waals surface area (Å²) in [7, 11) is 0. The van der Waals surface area contributed by atoms with Crippen molar-refractivity contribution in [1.82, 2.24) is 10.6 Å². The van der Waals surface area contributed by atoms with E-state index in [0.717, 1.165) is 17.7 Å². The smallest absolute Gasteiger partial charge is 0.254 e. The molecule has 132 valence electrons. The number of rotatable bonds is 7. The molecule has 2 aromatic carbocycles. The Labute approximate surface area is 145 Å². The molecule has 2 aromatic rings. The highest BCUT2D eigenvalue weighted by Crippen LogP contribution is 2.09. The van der Waals surface area contributed by atoms with Gasteiger partial charge in [-0.25, -0.2) is 8.78 Å². The quantitative estimate of drug-likeness (QED) is 0.758. The summed E-state index contributed by atoms with van der Waals surface area (Å²) in [5.74, 6) is -2.43. The number of hydrogen-bond donors (Lipinski definition) is 2. The van der Waals surface area contributed by atoms with Crippen LogP contribution in [-0.4, -0.2) is 24.9 Å². The molecule has 0 saturated heterocycles. The summed E-state index contributed by atoms with van der Waals surface area (Å²) < 4.78 is 26.3. The van der Waals surface area contributed by atoms with Gasteiger partial charge in [-0.15, -0.1) is 0 Å². The van der Waals surface area contributed by atoms with Gasteiger partial charge in [0.1, 0.15) is 11.6 Å². The Morgan fingerprint density at radius 3 is 2.32 bits per heavy atom. The van der Waals surface area contributed by atoms with E-state index in [4.69, 9.17) is 0 Å². The summed E-state index contributed by atoms with van der Waals surface area (Å²) in [4.78, 5) is 23.5. The molecule has 0 aliphatic carbocycles. The highest BCUT2D eigenvalue weighted by Gasteiger charge is 2.11. The fourth-order valence-electron chi connectivity index (χ4n) is 2.25. The lowest BCUT2D eigenvalue weighted by Gasteiger charge is -2.08. The Hall–Kier alpha value is -2.76. The number of carbonyl (C=O) groups is 2. The number of amides is 2. The van der Waals surface area contributed by atoms with Gasteiger partial charge in [-0.3, -0.25) is 9.59 Å². The van der Waals surface area contributed by atoms with E-state index in [1.54, 1.807) is 0 Å². The summed E-state index contributed by atoms with van der Waals surface area (Å²) in [5.41, 5.74) is 2.02. The standard InChI is InChI=1S/C19H20F2N2O2/c1-13-2-4-14(5-3-13)6-9-18(24)22-10-11-23-19(25)16-8-7-15(20)12-17(16)21/h2-5,7-8,12H,6,9-11H2,1H3,(H,22,24)(H,23,25). The third-order valence-electron chi connectivity index (χ3n) is 3.67. The average Bonchev–Trinajstić information content (AvgIpc) is 2.58. The summed E-state index contributed by atoms with van der Waals surface area (Å²) in [6, 6.07) is 10.7. The van der Waals surface area contributed by atoms with Crippen molar-refractivity contribution < 1.29 is 18.4 Å². The Morgan fingerprint density at radius 2 is 1.64 bits per heavy atom. The van der Waals surface area contributed by atoms with E-state index in [2.05, 4.69) is 10.6 Å². The number of hydrogen-bond acceptors (Lipinski definition) is 2. The molecule has 0 heterocycles. The van der Waals surface area contributed by atoms with Gasteiger partial charge in [0.15, 0.2) is 0 Å². The largest absolute Gasteiger partial charge is 0.354 e. The van der Waals surface area contributed by atoms with Gasteiger partial charge in [0.2, 0.25) is 5.91 Å². The van der Waals surface area contributed by atoms with Crippen molar-refractivity contribution in [3.05, 3.63) is 70.8 Å². The zero-order valence-corrected chi connectivity index (χ0v) is 13.9. The lowest BCUT2D eigenvalue weighted by Crippen LogP contribution is -2.35. The predicted molar refractivity (Wildman–Crippen MR) is 91.2 cm³/mol. The molecule has 0 spiro atoms. The highest BCUT2D eigenvalue weighted by molar-refractivity contribution is 5.94. The highest BCUT2D eigenvalue weighted by atomic mass is 19.1. The van der Waals surface area contributed by atoms with E-state index in [9.17, 15) is 18.4 Å². The molecule has 0 atom stereocenters. The third kappa shape index (κ3) is 5.99. The molecular formula is C19H20F2N2O2. The van der Waals surface area contributed by atoms with Gasteiger partial charge in [0.05, 0.1) is 5.56 Å². The van der Waals surface area contributed by atoms with Crippen molar-refractivity contribution in [3.8, 4) is 0 Å². The normalized spacial score (nSPS) is 10.4. The minimum absolute atomic E-state index is 0.122. The lowest BCUT2D eigenvalue weighted by molar-refractivity contribution is -0.121. The van der Waals surface area contributed by atoms with E-state index in [1.807, 2.05) is 31.2 Å². The van der Waals surface area contributed by atoms with Crippen molar-refractivity contribution in [1.29, 1.82) is 0 Å². The van der Waals surface area contributed by atoms with E-state index < -0.39 is 17.5 Å². The van der Waals surface area contributed by atoms with Gasteiger partial charge in [-0.05, 0) is 31.0 Å². The van der Waals surface area contributed by atoms with Crippen LogP contribution in [0.25, 0.3) is 0 Å². The SMILES string of the molecule is Cc1ccc(CCC(=O)NCCNC(=O)c2ccc(F)cc2F)cc1. The van der Waals surface area contributed by atoms with Gasteiger partial charge in [-0.1, -0.05) is 29.8 Å². The first kappa shape index (κ1) is 18.6. The second-order valence-corrected chi connectivity index (χ2v) is 5.72. The molecule has 2 N–H and O–H groups in total. The van der Waals surface area contributed by atoms with Crippen LogP contribution in [0.5, 0.6) is 0 Å². The molecule has 0 unspecified atom stereocenters. The van der Waals surface area contributed by atoms with Crippen LogP contribution < -0.4 is 10.6 Å². The van der Waals surface area contributed by atoms with Crippen molar-refractivity contribution in [2.45, 2.75) is 19.8 Å². The Kier molecular flexibility index (Phi) is 6.62. The van der Waals surface area contributed by atoms with E-state index in [1.165, 1.54) is 5.56 Å². The van der Waals surface area contributed by atoms with Crippen molar-refractivity contribution in [2.24, 2.45) is 0 Å². The molecular weight excluding hydrogens is 326 g/mol. The molecule has 0 saturated carbocycles.